The Balaban J connectivity index is 1.74. The standard InChI is InChI=1S/C21H24N2O4/c1-13-5-8-18(14(2)9-13)23-12-15(10-20(23)24)21(25)22-17-7-6-16(26-3)11-19(17)27-4/h5-9,11,15H,10,12H2,1-4H3,(H,22,25). The number of anilines is 2. The molecule has 2 aromatic rings. The fourth-order valence-corrected chi connectivity index (χ4v) is 3.36. The predicted molar refractivity (Wildman–Crippen MR) is 105 cm³/mol. The summed E-state index contributed by atoms with van der Waals surface area (Å²) in [5, 5.41) is 2.87. The van der Waals surface area contributed by atoms with Crippen molar-refractivity contribution in [3.05, 3.63) is 47.5 Å². The molecule has 3 rings (SSSR count). The summed E-state index contributed by atoms with van der Waals surface area (Å²) in [7, 11) is 3.10. The van der Waals surface area contributed by atoms with Gasteiger partial charge in [0.05, 0.1) is 25.8 Å². The second kappa shape index (κ2) is 7.70. The molecule has 1 fully saturated rings. The van der Waals surface area contributed by atoms with Gasteiger partial charge in [-0.3, -0.25) is 9.59 Å². The summed E-state index contributed by atoms with van der Waals surface area (Å²) < 4.78 is 10.5. The Morgan fingerprint density at radius 3 is 2.56 bits per heavy atom. The number of carbonyl (C=O) groups is 2. The zero-order chi connectivity index (χ0) is 19.6. The molecule has 1 heterocycles. The van der Waals surface area contributed by atoms with Gasteiger partial charge in [-0.1, -0.05) is 17.7 Å². The number of hydrogen-bond acceptors (Lipinski definition) is 4. The number of rotatable bonds is 5. The van der Waals surface area contributed by atoms with E-state index in [0.717, 1.165) is 16.8 Å². The summed E-state index contributed by atoms with van der Waals surface area (Å²) in [4.78, 5) is 26.9. The minimum atomic E-state index is -0.412. The third kappa shape index (κ3) is 3.89. The van der Waals surface area contributed by atoms with Crippen molar-refractivity contribution in [1.82, 2.24) is 0 Å². The van der Waals surface area contributed by atoms with Crippen LogP contribution < -0.4 is 19.7 Å². The largest absolute Gasteiger partial charge is 0.497 e. The highest BCUT2D eigenvalue weighted by molar-refractivity contribution is 6.04. The first-order valence-electron chi connectivity index (χ1n) is 8.83. The normalized spacial score (nSPS) is 16.4. The van der Waals surface area contributed by atoms with E-state index in [-0.39, 0.29) is 18.2 Å². The Morgan fingerprint density at radius 1 is 1.11 bits per heavy atom. The number of amides is 2. The number of nitrogens with one attached hydrogen (secondary N) is 1. The molecule has 0 bridgehead atoms. The molecule has 0 radical (unpaired) electrons. The maximum atomic E-state index is 12.7. The lowest BCUT2D eigenvalue weighted by Crippen LogP contribution is -2.28. The van der Waals surface area contributed by atoms with Gasteiger partial charge in [-0.25, -0.2) is 0 Å². The number of nitrogens with zero attached hydrogens (tertiary/aromatic N) is 1. The van der Waals surface area contributed by atoms with Gasteiger partial charge in [0.15, 0.2) is 0 Å². The molecule has 1 unspecified atom stereocenters. The molecule has 6 heteroatoms. The predicted octanol–water partition coefficient (Wildman–Crippen LogP) is 3.31. The van der Waals surface area contributed by atoms with Crippen LogP contribution >= 0.6 is 0 Å². The van der Waals surface area contributed by atoms with Gasteiger partial charge in [0.25, 0.3) is 0 Å². The van der Waals surface area contributed by atoms with Crippen molar-refractivity contribution in [2.45, 2.75) is 20.3 Å². The molecule has 1 N–H and O–H groups in total. The van der Waals surface area contributed by atoms with E-state index in [2.05, 4.69) is 5.32 Å². The van der Waals surface area contributed by atoms with E-state index in [0.29, 0.717) is 23.7 Å². The van der Waals surface area contributed by atoms with Gasteiger partial charge in [0, 0.05) is 24.7 Å². The van der Waals surface area contributed by atoms with Crippen molar-refractivity contribution < 1.29 is 19.1 Å². The summed E-state index contributed by atoms with van der Waals surface area (Å²) in [6, 6.07) is 11.1. The molecular formula is C21H24N2O4. The van der Waals surface area contributed by atoms with Crippen molar-refractivity contribution in [3.63, 3.8) is 0 Å². The minimum Gasteiger partial charge on any atom is -0.497 e. The van der Waals surface area contributed by atoms with E-state index in [4.69, 9.17) is 9.47 Å². The Kier molecular flexibility index (Phi) is 5.35. The van der Waals surface area contributed by atoms with E-state index in [1.54, 1.807) is 30.2 Å². The minimum absolute atomic E-state index is 0.0381. The number of ether oxygens (including phenoxy) is 2. The molecule has 2 amide bonds. The van der Waals surface area contributed by atoms with E-state index < -0.39 is 5.92 Å². The Bertz CT molecular complexity index is 878. The molecule has 142 valence electrons. The zero-order valence-corrected chi connectivity index (χ0v) is 16.0. The number of methoxy groups -OCH3 is 2. The average Bonchev–Trinajstić information content (AvgIpc) is 3.03. The van der Waals surface area contributed by atoms with Gasteiger partial charge in [0.1, 0.15) is 11.5 Å². The van der Waals surface area contributed by atoms with Crippen LogP contribution in [0.3, 0.4) is 0 Å². The number of hydrogen-bond donors (Lipinski definition) is 1. The molecule has 0 saturated carbocycles. The molecule has 0 spiro atoms. The summed E-state index contributed by atoms with van der Waals surface area (Å²) in [6.45, 7) is 4.36. The molecule has 2 aromatic carbocycles. The SMILES string of the molecule is COc1ccc(NC(=O)C2CC(=O)N(c3ccc(C)cc3C)C2)c(OC)c1. The number of benzene rings is 2. The lowest BCUT2D eigenvalue weighted by Gasteiger charge is -2.19. The Hall–Kier alpha value is -3.02. The fourth-order valence-electron chi connectivity index (χ4n) is 3.36. The van der Waals surface area contributed by atoms with Crippen LogP contribution in [0.25, 0.3) is 0 Å². The number of aryl methyl sites for hydroxylation is 2. The Morgan fingerprint density at radius 2 is 1.89 bits per heavy atom. The highest BCUT2D eigenvalue weighted by Crippen LogP contribution is 2.32. The summed E-state index contributed by atoms with van der Waals surface area (Å²) in [6.07, 6.45) is 0.192. The first-order valence-corrected chi connectivity index (χ1v) is 8.83. The topological polar surface area (TPSA) is 67.9 Å². The van der Waals surface area contributed by atoms with Gasteiger partial charge < -0.3 is 19.7 Å². The van der Waals surface area contributed by atoms with Crippen molar-refractivity contribution in [2.24, 2.45) is 5.92 Å². The molecule has 1 aliphatic heterocycles. The van der Waals surface area contributed by atoms with Crippen LogP contribution in [0.5, 0.6) is 11.5 Å². The van der Waals surface area contributed by atoms with Crippen LogP contribution in [0.2, 0.25) is 0 Å². The third-order valence-electron chi connectivity index (χ3n) is 4.81. The average molecular weight is 368 g/mol. The second-order valence-corrected chi connectivity index (χ2v) is 6.75. The molecule has 1 saturated heterocycles. The van der Waals surface area contributed by atoms with Crippen molar-refractivity contribution in [3.8, 4) is 11.5 Å². The maximum absolute atomic E-state index is 12.7. The lowest BCUT2D eigenvalue weighted by atomic mass is 10.1. The monoisotopic (exact) mass is 368 g/mol. The zero-order valence-electron chi connectivity index (χ0n) is 16.0. The first-order chi connectivity index (χ1) is 12.9. The maximum Gasteiger partial charge on any atom is 0.229 e. The van der Waals surface area contributed by atoms with Crippen molar-refractivity contribution in [1.29, 1.82) is 0 Å². The van der Waals surface area contributed by atoms with Crippen LogP contribution in [-0.2, 0) is 9.59 Å². The van der Waals surface area contributed by atoms with Crippen molar-refractivity contribution in [2.75, 3.05) is 31.0 Å². The molecule has 1 aliphatic rings. The molecule has 27 heavy (non-hydrogen) atoms. The van der Waals surface area contributed by atoms with Gasteiger partial charge in [-0.15, -0.1) is 0 Å². The summed E-state index contributed by atoms with van der Waals surface area (Å²) in [5.41, 5.74) is 3.59. The van der Waals surface area contributed by atoms with Crippen LogP contribution in [0.4, 0.5) is 11.4 Å². The smallest absolute Gasteiger partial charge is 0.229 e. The fraction of sp³-hybridized carbons (Fsp3) is 0.333. The van der Waals surface area contributed by atoms with E-state index >= 15 is 0 Å². The molecule has 0 aromatic heterocycles. The van der Waals surface area contributed by atoms with Crippen LogP contribution in [0.15, 0.2) is 36.4 Å². The highest BCUT2D eigenvalue weighted by atomic mass is 16.5. The molecule has 6 nitrogen and oxygen atoms in total. The second-order valence-electron chi connectivity index (χ2n) is 6.75. The number of carbonyl (C=O) groups excluding carboxylic acids is 2. The van der Waals surface area contributed by atoms with E-state index in [9.17, 15) is 9.59 Å². The van der Waals surface area contributed by atoms with Gasteiger partial charge >= 0.3 is 0 Å². The molecular weight excluding hydrogens is 344 g/mol. The molecule has 1 atom stereocenters. The lowest BCUT2D eigenvalue weighted by molar-refractivity contribution is -0.122. The van der Waals surface area contributed by atoms with Gasteiger partial charge in [0.2, 0.25) is 11.8 Å². The quantitative estimate of drug-likeness (QED) is 0.879. The van der Waals surface area contributed by atoms with E-state index in [1.165, 1.54) is 7.11 Å². The Labute approximate surface area is 159 Å². The van der Waals surface area contributed by atoms with E-state index in [1.807, 2.05) is 32.0 Å². The molecule has 0 aliphatic carbocycles. The van der Waals surface area contributed by atoms with Crippen LogP contribution in [0.1, 0.15) is 17.5 Å². The first kappa shape index (κ1) is 18.8. The van der Waals surface area contributed by atoms with Crippen molar-refractivity contribution >= 4 is 23.2 Å². The van der Waals surface area contributed by atoms with Gasteiger partial charge in [-0.2, -0.15) is 0 Å². The summed E-state index contributed by atoms with van der Waals surface area (Å²) in [5.74, 6) is 0.507. The summed E-state index contributed by atoms with van der Waals surface area (Å²) >= 11 is 0. The third-order valence-corrected chi connectivity index (χ3v) is 4.81. The van der Waals surface area contributed by atoms with Gasteiger partial charge in [-0.05, 0) is 37.6 Å². The van der Waals surface area contributed by atoms with Crippen LogP contribution in [0, 0.1) is 19.8 Å². The van der Waals surface area contributed by atoms with Crippen LogP contribution in [-0.4, -0.2) is 32.6 Å². The highest BCUT2D eigenvalue weighted by Gasteiger charge is 2.36.